The summed E-state index contributed by atoms with van der Waals surface area (Å²) in [5.41, 5.74) is 2.22. The monoisotopic (exact) mass is 358 g/mol. The van der Waals surface area contributed by atoms with Crippen molar-refractivity contribution in [3.05, 3.63) is 68.5 Å². The number of benzene rings is 2. The van der Waals surface area contributed by atoms with Crippen LogP contribution >= 0.6 is 15.9 Å². The van der Waals surface area contributed by atoms with Gasteiger partial charge in [0.2, 0.25) is 0 Å². The molecule has 0 unspecified atom stereocenters. The van der Waals surface area contributed by atoms with E-state index in [0.29, 0.717) is 10.9 Å². The molecule has 5 heteroatoms. The average molecular weight is 359 g/mol. The highest BCUT2D eigenvalue weighted by Crippen LogP contribution is 2.21. The summed E-state index contributed by atoms with van der Waals surface area (Å²) in [6.45, 7) is 3.86. The standard InChI is InChI=1S/C17H15BrN2O2/c1-10-4-3-5-14-15(10)16(21)22-17(20-14)19-11(2)12-6-8-13(18)9-7-12/h3-9,11H,1-2H3,(H,19,20)/t11-/m1/s1. The molecular formula is C17H15BrN2O2. The summed E-state index contributed by atoms with van der Waals surface area (Å²) in [6.07, 6.45) is 0. The molecule has 0 fully saturated rings. The first-order valence-corrected chi connectivity index (χ1v) is 7.76. The zero-order chi connectivity index (χ0) is 15.7. The molecule has 1 atom stereocenters. The molecule has 0 bridgehead atoms. The lowest BCUT2D eigenvalue weighted by Crippen LogP contribution is -2.12. The fraction of sp³-hybridized carbons (Fsp3) is 0.176. The van der Waals surface area contributed by atoms with Crippen molar-refractivity contribution in [1.82, 2.24) is 4.98 Å². The van der Waals surface area contributed by atoms with Gasteiger partial charge in [-0.15, -0.1) is 0 Å². The van der Waals surface area contributed by atoms with Gasteiger partial charge in [0.15, 0.2) is 0 Å². The number of rotatable bonds is 3. The van der Waals surface area contributed by atoms with Crippen LogP contribution in [0, 0.1) is 6.92 Å². The summed E-state index contributed by atoms with van der Waals surface area (Å²) in [7, 11) is 0. The molecule has 3 rings (SSSR count). The molecule has 0 spiro atoms. The third kappa shape index (κ3) is 2.90. The third-order valence-corrected chi connectivity index (χ3v) is 4.10. The van der Waals surface area contributed by atoms with Crippen LogP contribution in [0.5, 0.6) is 0 Å². The van der Waals surface area contributed by atoms with Crippen molar-refractivity contribution in [2.24, 2.45) is 0 Å². The van der Waals surface area contributed by atoms with Gasteiger partial charge in [-0.25, -0.2) is 4.79 Å². The number of nitrogens with zero attached hydrogens (tertiary/aromatic N) is 1. The first-order chi connectivity index (χ1) is 10.5. The Kier molecular flexibility index (Phi) is 3.98. The lowest BCUT2D eigenvalue weighted by molar-refractivity contribution is 0.510. The molecule has 0 aliphatic rings. The van der Waals surface area contributed by atoms with E-state index < -0.39 is 0 Å². The molecule has 3 aromatic rings. The number of nitrogens with one attached hydrogen (secondary N) is 1. The molecule has 112 valence electrons. The van der Waals surface area contributed by atoms with Crippen molar-refractivity contribution in [3.63, 3.8) is 0 Å². The number of anilines is 1. The fourth-order valence-electron chi connectivity index (χ4n) is 2.36. The van der Waals surface area contributed by atoms with E-state index in [9.17, 15) is 4.79 Å². The number of aryl methyl sites for hydroxylation is 1. The summed E-state index contributed by atoms with van der Waals surface area (Å²) >= 11 is 3.41. The van der Waals surface area contributed by atoms with E-state index in [1.165, 1.54) is 0 Å². The second-order valence-corrected chi connectivity index (χ2v) is 6.11. The van der Waals surface area contributed by atoms with Crippen molar-refractivity contribution in [3.8, 4) is 0 Å². The molecule has 0 radical (unpaired) electrons. The van der Waals surface area contributed by atoms with Gasteiger partial charge in [-0.1, -0.05) is 40.2 Å². The Hall–Kier alpha value is -2.14. The highest BCUT2D eigenvalue weighted by Gasteiger charge is 2.11. The van der Waals surface area contributed by atoms with Gasteiger partial charge < -0.3 is 9.73 Å². The van der Waals surface area contributed by atoms with Crippen molar-refractivity contribution in [1.29, 1.82) is 0 Å². The third-order valence-electron chi connectivity index (χ3n) is 3.58. The molecule has 1 N–H and O–H groups in total. The number of hydrogen-bond acceptors (Lipinski definition) is 4. The lowest BCUT2D eigenvalue weighted by atomic mass is 10.1. The van der Waals surface area contributed by atoms with Crippen LogP contribution in [-0.4, -0.2) is 4.98 Å². The molecule has 2 aromatic carbocycles. The van der Waals surface area contributed by atoms with Gasteiger partial charge >= 0.3 is 5.63 Å². The van der Waals surface area contributed by atoms with Crippen molar-refractivity contribution < 1.29 is 4.42 Å². The van der Waals surface area contributed by atoms with Crippen LogP contribution in [0.15, 0.2) is 56.1 Å². The van der Waals surface area contributed by atoms with Crippen LogP contribution in [0.3, 0.4) is 0 Å². The Morgan fingerprint density at radius 1 is 1.18 bits per heavy atom. The molecule has 0 saturated heterocycles. The highest BCUT2D eigenvalue weighted by molar-refractivity contribution is 9.10. The van der Waals surface area contributed by atoms with Crippen LogP contribution in [-0.2, 0) is 0 Å². The van der Waals surface area contributed by atoms with Crippen LogP contribution in [0.4, 0.5) is 6.01 Å². The van der Waals surface area contributed by atoms with E-state index in [2.05, 4.69) is 26.2 Å². The van der Waals surface area contributed by atoms with Crippen LogP contribution < -0.4 is 10.9 Å². The van der Waals surface area contributed by atoms with E-state index >= 15 is 0 Å². The minimum atomic E-state index is -0.367. The predicted molar refractivity (Wildman–Crippen MR) is 91.2 cm³/mol. The van der Waals surface area contributed by atoms with Gasteiger partial charge in [0, 0.05) is 4.47 Å². The summed E-state index contributed by atoms with van der Waals surface area (Å²) in [6, 6.07) is 13.7. The fourth-order valence-corrected chi connectivity index (χ4v) is 2.63. The minimum Gasteiger partial charge on any atom is -0.389 e. The van der Waals surface area contributed by atoms with Crippen molar-refractivity contribution >= 4 is 32.8 Å². The van der Waals surface area contributed by atoms with Crippen LogP contribution in [0.2, 0.25) is 0 Å². The topological polar surface area (TPSA) is 55.1 Å². The first-order valence-electron chi connectivity index (χ1n) is 6.97. The van der Waals surface area contributed by atoms with E-state index in [4.69, 9.17) is 4.42 Å². The molecule has 0 saturated carbocycles. The van der Waals surface area contributed by atoms with Crippen LogP contribution in [0.1, 0.15) is 24.1 Å². The summed E-state index contributed by atoms with van der Waals surface area (Å²) in [5, 5.41) is 3.67. The maximum Gasteiger partial charge on any atom is 0.348 e. The van der Waals surface area contributed by atoms with Crippen molar-refractivity contribution in [2.45, 2.75) is 19.9 Å². The van der Waals surface area contributed by atoms with Crippen LogP contribution in [0.25, 0.3) is 10.9 Å². The zero-order valence-corrected chi connectivity index (χ0v) is 13.8. The van der Waals surface area contributed by atoms with Gasteiger partial charge in [-0.3, -0.25) is 0 Å². The molecule has 1 heterocycles. The quantitative estimate of drug-likeness (QED) is 0.752. The second kappa shape index (κ2) is 5.93. The maximum atomic E-state index is 12.1. The van der Waals surface area contributed by atoms with Gasteiger partial charge in [0.1, 0.15) is 0 Å². The van der Waals surface area contributed by atoms with E-state index in [-0.39, 0.29) is 17.7 Å². The smallest absolute Gasteiger partial charge is 0.348 e. The van der Waals surface area contributed by atoms with Gasteiger partial charge in [0.05, 0.1) is 16.9 Å². The second-order valence-electron chi connectivity index (χ2n) is 5.19. The Bertz CT molecular complexity index is 872. The Morgan fingerprint density at radius 2 is 1.91 bits per heavy atom. The minimum absolute atomic E-state index is 0.0222. The Balaban J connectivity index is 1.94. The van der Waals surface area contributed by atoms with E-state index in [1.807, 2.05) is 56.3 Å². The maximum absolute atomic E-state index is 12.1. The van der Waals surface area contributed by atoms with E-state index in [0.717, 1.165) is 15.6 Å². The number of halogens is 1. The largest absolute Gasteiger partial charge is 0.389 e. The molecule has 4 nitrogen and oxygen atoms in total. The summed E-state index contributed by atoms with van der Waals surface area (Å²) in [5.74, 6) is 0. The van der Waals surface area contributed by atoms with Gasteiger partial charge in [-0.2, -0.15) is 4.98 Å². The normalized spacial score (nSPS) is 12.3. The van der Waals surface area contributed by atoms with E-state index in [1.54, 1.807) is 0 Å². The molecule has 22 heavy (non-hydrogen) atoms. The SMILES string of the molecule is Cc1cccc2nc(N[C@H](C)c3ccc(Br)cc3)oc(=O)c12. The van der Waals surface area contributed by atoms with Crippen molar-refractivity contribution in [2.75, 3.05) is 5.32 Å². The number of aromatic nitrogens is 1. The first kappa shape index (κ1) is 14.8. The number of hydrogen-bond donors (Lipinski definition) is 1. The van der Waals surface area contributed by atoms with Gasteiger partial charge in [0.25, 0.3) is 6.01 Å². The molecule has 0 aliphatic carbocycles. The van der Waals surface area contributed by atoms with Gasteiger partial charge in [-0.05, 0) is 43.2 Å². The molecule has 0 amide bonds. The molecule has 1 aromatic heterocycles. The summed E-state index contributed by atoms with van der Waals surface area (Å²) in [4.78, 5) is 16.5. The lowest BCUT2D eigenvalue weighted by Gasteiger charge is -2.14. The summed E-state index contributed by atoms with van der Waals surface area (Å²) < 4.78 is 6.32. The highest BCUT2D eigenvalue weighted by atomic mass is 79.9. The predicted octanol–water partition coefficient (Wildman–Crippen LogP) is 4.43. The number of fused-ring (bicyclic) bond motifs is 1. The zero-order valence-electron chi connectivity index (χ0n) is 12.3. The Labute approximate surface area is 136 Å². The average Bonchev–Trinajstić information content (AvgIpc) is 2.47. The molecular weight excluding hydrogens is 344 g/mol. The molecule has 0 aliphatic heterocycles. The Morgan fingerprint density at radius 3 is 2.64 bits per heavy atom.